The third-order valence-corrected chi connectivity index (χ3v) is 4.93. The van der Waals surface area contributed by atoms with Crippen molar-refractivity contribution >= 4 is 30.7 Å². The lowest BCUT2D eigenvalue weighted by Gasteiger charge is -2.33. The first-order valence-corrected chi connectivity index (χ1v) is 9.12. The SMILES string of the molecule is CCC(N)(CC)c1ccc(CC(N)C(=O)N(C(C)C)C(C)C)cc1.Cl.Cl. The monoisotopic (exact) mass is 405 g/mol. The van der Waals surface area contributed by atoms with Gasteiger partial charge in [0, 0.05) is 17.6 Å². The van der Waals surface area contributed by atoms with Gasteiger partial charge in [-0.3, -0.25) is 4.79 Å². The number of carbonyl (C=O) groups is 1. The highest BCUT2D eigenvalue weighted by atomic mass is 35.5. The van der Waals surface area contributed by atoms with Crippen LogP contribution >= 0.6 is 24.8 Å². The van der Waals surface area contributed by atoms with Gasteiger partial charge in [0.05, 0.1) is 6.04 Å². The van der Waals surface area contributed by atoms with Gasteiger partial charge in [-0.05, 0) is 58.1 Å². The molecule has 6 heteroatoms. The minimum absolute atomic E-state index is 0. The number of halogens is 2. The van der Waals surface area contributed by atoms with E-state index in [9.17, 15) is 4.79 Å². The van der Waals surface area contributed by atoms with Gasteiger partial charge in [0.25, 0.3) is 0 Å². The molecule has 1 aromatic carbocycles. The van der Waals surface area contributed by atoms with Crippen LogP contribution in [0.2, 0.25) is 0 Å². The van der Waals surface area contributed by atoms with Crippen LogP contribution in [0.15, 0.2) is 24.3 Å². The molecule has 0 aliphatic rings. The summed E-state index contributed by atoms with van der Waals surface area (Å²) in [5, 5.41) is 0. The van der Waals surface area contributed by atoms with Crippen LogP contribution in [0.25, 0.3) is 0 Å². The van der Waals surface area contributed by atoms with E-state index in [1.165, 1.54) is 0 Å². The summed E-state index contributed by atoms with van der Waals surface area (Å²) in [5.74, 6) is 0.0133. The maximum Gasteiger partial charge on any atom is 0.240 e. The van der Waals surface area contributed by atoms with Gasteiger partial charge in [0.15, 0.2) is 0 Å². The number of hydrogen-bond acceptors (Lipinski definition) is 3. The molecule has 1 atom stereocenters. The van der Waals surface area contributed by atoms with E-state index in [0.29, 0.717) is 6.42 Å². The summed E-state index contributed by atoms with van der Waals surface area (Å²) in [4.78, 5) is 14.5. The molecule has 0 saturated carbocycles. The van der Waals surface area contributed by atoms with E-state index in [4.69, 9.17) is 11.5 Å². The van der Waals surface area contributed by atoms with Crippen LogP contribution in [0, 0.1) is 0 Å². The predicted octanol–water partition coefficient (Wildman–Crippen LogP) is 4.02. The molecule has 0 heterocycles. The molecule has 0 saturated heterocycles. The molecule has 0 radical (unpaired) electrons. The van der Waals surface area contributed by atoms with Gasteiger partial charge < -0.3 is 16.4 Å². The van der Waals surface area contributed by atoms with Gasteiger partial charge in [-0.15, -0.1) is 24.8 Å². The molecule has 4 nitrogen and oxygen atoms in total. The van der Waals surface area contributed by atoms with Crippen LogP contribution in [-0.4, -0.2) is 28.9 Å². The van der Waals surface area contributed by atoms with Crippen molar-refractivity contribution in [1.82, 2.24) is 4.90 Å². The Labute approximate surface area is 171 Å². The zero-order valence-electron chi connectivity index (χ0n) is 17.0. The Morgan fingerprint density at radius 1 is 1.00 bits per heavy atom. The van der Waals surface area contributed by atoms with Crippen molar-refractivity contribution in [2.45, 2.75) is 84.5 Å². The van der Waals surface area contributed by atoms with Crippen LogP contribution in [0.4, 0.5) is 0 Å². The largest absolute Gasteiger partial charge is 0.336 e. The van der Waals surface area contributed by atoms with Gasteiger partial charge in [0.1, 0.15) is 0 Å². The number of nitrogens with two attached hydrogens (primary N) is 2. The Hall–Kier alpha value is -0.810. The molecule has 1 rings (SSSR count). The number of carbonyl (C=O) groups excluding carboxylic acids is 1. The molecule has 0 bridgehead atoms. The molecule has 0 spiro atoms. The van der Waals surface area contributed by atoms with Gasteiger partial charge >= 0.3 is 0 Å². The molecule has 1 unspecified atom stereocenters. The Balaban J connectivity index is 0. The van der Waals surface area contributed by atoms with Gasteiger partial charge in [-0.1, -0.05) is 38.1 Å². The molecule has 1 aromatic rings. The fourth-order valence-corrected chi connectivity index (χ4v) is 3.27. The molecule has 1 amide bonds. The van der Waals surface area contributed by atoms with E-state index in [0.717, 1.165) is 24.0 Å². The summed E-state index contributed by atoms with van der Waals surface area (Å²) < 4.78 is 0. The first kappa shape index (κ1) is 27.4. The quantitative estimate of drug-likeness (QED) is 0.685. The smallest absolute Gasteiger partial charge is 0.240 e. The summed E-state index contributed by atoms with van der Waals surface area (Å²) in [7, 11) is 0. The number of nitrogens with zero attached hydrogens (tertiary/aromatic N) is 1. The van der Waals surface area contributed by atoms with E-state index in [-0.39, 0.29) is 48.3 Å². The molecule has 0 aliphatic carbocycles. The maximum atomic E-state index is 12.6. The number of hydrogen-bond donors (Lipinski definition) is 2. The molecule has 152 valence electrons. The normalized spacial score (nSPS) is 12.4. The zero-order chi connectivity index (χ0) is 18.5. The second kappa shape index (κ2) is 11.8. The van der Waals surface area contributed by atoms with Crippen molar-refractivity contribution in [3.8, 4) is 0 Å². The van der Waals surface area contributed by atoms with Crippen LogP contribution in [0.5, 0.6) is 0 Å². The summed E-state index contributed by atoms with van der Waals surface area (Å²) in [6.45, 7) is 12.3. The van der Waals surface area contributed by atoms with Crippen LogP contribution in [-0.2, 0) is 16.8 Å². The van der Waals surface area contributed by atoms with Crippen molar-refractivity contribution in [3.63, 3.8) is 0 Å². The fourth-order valence-electron chi connectivity index (χ4n) is 3.27. The van der Waals surface area contributed by atoms with Crippen LogP contribution in [0.1, 0.15) is 65.5 Å². The van der Waals surface area contributed by atoms with Crippen LogP contribution < -0.4 is 11.5 Å². The molecule has 0 fully saturated rings. The predicted molar refractivity (Wildman–Crippen MR) is 116 cm³/mol. The molecule has 0 aromatic heterocycles. The lowest BCUT2D eigenvalue weighted by molar-refractivity contribution is -0.136. The second-order valence-electron chi connectivity index (χ2n) is 7.30. The Morgan fingerprint density at radius 2 is 1.42 bits per heavy atom. The van der Waals surface area contributed by atoms with Crippen molar-refractivity contribution in [2.24, 2.45) is 11.5 Å². The summed E-state index contributed by atoms with van der Waals surface area (Å²) in [6.07, 6.45) is 2.35. The van der Waals surface area contributed by atoms with E-state index >= 15 is 0 Å². The van der Waals surface area contributed by atoms with Crippen molar-refractivity contribution in [1.29, 1.82) is 0 Å². The van der Waals surface area contributed by atoms with Gasteiger partial charge in [0.2, 0.25) is 5.91 Å². The molecular formula is C20H37Cl2N3O. The lowest BCUT2D eigenvalue weighted by Crippen LogP contribution is -2.50. The third kappa shape index (κ3) is 6.73. The van der Waals surface area contributed by atoms with E-state index in [1.807, 2.05) is 44.7 Å². The van der Waals surface area contributed by atoms with E-state index in [2.05, 4.69) is 26.0 Å². The highest BCUT2D eigenvalue weighted by molar-refractivity contribution is 5.85. The van der Waals surface area contributed by atoms with E-state index in [1.54, 1.807) is 0 Å². The Kier molecular flexibility index (Phi) is 12.4. The van der Waals surface area contributed by atoms with Crippen molar-refractivity contribution in [3.05, 3.63) is 35.4 Å². The minimum atomic E-state index is -0.513. The highest BCUT2D eigenvalue weighted by Crippen LogP contribution is 2.26. The average molecular weight is 406 g/mol. The van der Waals surface area contributed by atoms with Crippen molar-refractivity contribution < 1.29 is 4.79 Å². The maximum absolute atomic E-state index is 12.6. The first-order chi connectivity index (χ1) is 11.2. The Bertz CT molecular complexity index is 520. The van der Waals surface area contributed by atoms with E-state index < -0.39 is 6.04 Å². The summed E-state index contributed by atoms with van der Waals surface area (Å²) >= 11 is 0. The standard InChI is InChI=1S/C20H35N3O.2ClH/c1-7-20(22,8-2)17-11-9-16(10-12-17)13-18(21)19(24)23(14(3)4)15(5)6;;/h9-12,14-15,18H,7-8,13,21-22H2,1-6H3;2*1H. The van der Waals surface area contributed by atoms with Crippen LogP contribution in [0.3, 0.4) is 0 Å². The van der Waals surface area contributed by atoms with Gasteiger partial charge in [-0.25, -0.2) is 0 Å². The fraction of sp³-hybridized carbons (Fsp3) is 0.650. The number of rotatable bonds is 8. The molecule has 26 heavy (non-hydrogen) atoms. The second-order valence-corrected chi connectivity index (χ2v) is 7.30. The number of benzene rings is 1. The average Bonchev–Trinajstić information content (AvgIpc) is 2.54. The number of amides is 1. The highest BCUT2D eigenvalue weighted by Gasteiger charge is 2.26. The summed E-state index contributed by atoms with van der Waals surface area (Å²) in [6, 6.07) is 8.02. The minimum Gasteiger partial charge on any atom is -0.336 e. The Morgan fingerprint density at radius 3 is 1.77 bits per heavy atom. The summed E-state index contributed by atoms with van der Waals surface area (Å²) in [5.41, 5.74) is 14.6. The van der Waals surface area contributed by atoms with Crippen molar-refractivity contribution in [2.75, 3.05) is 0 Å². The lowest BCUT2D eigenvalue weighted by atomic mass is 9.85. The topological polar surface area (TPSA) is 72.3 Å². The first-order valence-electron chi connectivity index (χ1n) is 9.12. The molecule has 0 aliphatic heterocycles. The van der Waals surface area contributed by atoms with Gasteiger partial charge in [-0.2, -0.15) is 0 Å². The third-order valence-electron chi connectivity index (χ3n) is 4.93. The molecular weight excluding hydrogens is 369 g/mol. The zero-order valence-corrected chi connectivity index (χ0v) is 18.6. The molecule has 4 N–H and O–H groups in total.